The molecule has 6 nitrogen and oxygen atoms in total. The molecule has 2 N–H and O–H groups in total. The van der Waals surface area contributed by atoms with E-state index in [1.165, 1.54) is 0 Å². The maximum Gasteiger partial charge on any atom is 0.319 e. The summed E-state index contributed by atoms with van der Waals surface area (Å²) in [6, 6.07) is 13.3. The zero-order valence-corrected chi connectivity index (χ0v) is 13.5. The van der Waals surface area contributed by atoms with Gasteiger partial charge in [-0.15, -0.1) is 0 Å². The van der Waals surface area contributed by atoms with Crippen LogP contribution in [0.4, 0.5) is 10.5 Å². The highest BCUT2D eigenvalue weighted by molar-refractivity contribution is 5.89. The maximum atomic E-state index is 12.3. The Balaban J connectivity index is 1.66. The zero-order chi connectivity index (χ0) is 16.6. The number of carbonyl (C=O) groups is 1. The second-order valence-corrected chi connectivity index (χ2v) is 5.72. The minimum absolute atomic E-state index is 0.0824. The topological polar surface area (TPSA) is 66.5 Å². The lowest BCUT2D eigenvalue weighted by molar-refractivity contribution is 0.0340. The Morgan fingerprint density at radius 1 is 1.17 bits per heavy atom. The summed E-state index contributed by atoms with van der Waals surface area (Å²) < 4.78 is 5.40. The Morgan fingerprint density at radius 2 is 1.96 bits per heavy atom. The summed E-state index contributed by atoms with van der Waals surface area (Å²) in [5.41, 5.74) is 1.76. The van der Waals surface area contributed by atoms with Crippen LogP contribution in [-0.4, -0.2) is 48.8 Å². The van der Waals surface area contributed by atoms with Gasteiger partial charge >= 0.3 is 6.03 Å². The normalized spacial score (nSPS) is 16.3. The molecule has 6 heteroatoms. The quantitative estimate of drug-likeness (QED) is 0.885. The van der Waals surface area contributed by atoms with Gasteiger partial charge in [0.15, 0.2) is 0 Å². The number of urea groups is 1. The molecular formula is C18H22N4O2. The average molecular weight is 326 g/mol. The van der Waals surface area contributed by atoms with E-state index in [1.807, 2.05) is 36.4 Å². The van der Waals surface area contributed by atoms with Gasteiger partial charge in [-0.3, -0.25) is 9.88 Å². The molecule has 0 bridgehead atoms. The molecule has 1 unspecified atom stereocenters. The molecule has 3 rings (SSSR count). The van der Waals surface area contributed by atoms with Gasteiger partial charge in [-0.2, -0.15) is 0 Å². The van der Waals surface area contributed by atoms with Crippen molar-refractivity contribution in [2.24, 2.45) is 0 Å². The van der Waals surface area contributed by atoms with Crippen LogP contribution in [0.2, 0.25) is 0 Å². The van der Waals surface area contributed by atoms with E-state index in [4.69, 9.17) is 4.74 Å². The number of nitrogens with one attached hydrogen (secondary N) is 2. The Labute approximate surface area is 141 Å². The third-order valence-electron chi connectivity index (χ3n) is 3.97. The van der Waals surface area contributed by atoms with Crippen molar-refractivity contribution < 1.29 is 9.53 Å². The van der Waals surface area contributed by atoms with E-state index in [2.05, 4.69) is 20.5 Å². The molecule has 0 spiro atoms. The number of carbonyl (C=O) groups excluding carboxylic acids is 1. The standard InChI is InChI=1S/C18H22N4O2/c23-18(20-16-7-4-8-19-13-16)21-17(15-5-2-1-3-6-15)14-22-9-11-24-12-10-22/h1-8,13,17H,9-12,14H2,(H2,20,21,23). The number of rotatable bonds is 5. The first-order valence-corrected chi connectivity index (χ1v) is 8.14. The lowest BCUT2D eigenvalue weighted by atomic mass is 10.1. The highest BCUT2D eigenvalue weighted by atomic mass is 16.5. The minimum Gasteiger partial charge on any atom is -0.379 e. The number of hydrogen-bond donors (Lipinski definition) is 2. The Bertz CT molecular complexity index is 630. The molecule has 126 valence electrons. The van der Waals surface area contributed by atoms with E-state index < -0.39 is 0 Å². The highest BCUT2D eigenvalue weighted by Crippen LogP contribution is 2.15. The molecule has 0 radical (unpaired) electrons. The van der Waals surface area contributed by atoms with E-state index >= 15 is 0 Å². The summed E-state index contributed by atoms with van der Waals surface area (Å²) >= 11 is 0. The van der Waals surface area contributed by atoms with Crippen molar-refractivity contribution in [3.05, 3.63) is 60.4 Å². The summed E-state index contributed by atoms with van der Waals surface area (Å²) in [6.45, 7) is 4.01. The van der Waals surface area contributed by atoms with Gasteiger partial charge in [-0.05, 0) is 17.7 Å². The van der Waals surface area contributed by atoms with Crippen LogP contribution >= 0.6 is 0 Å². The van der Waals surface area contributed by atoms with Crippen molar-refractivity contribution >= 4 is 11.7 Å². The van der Waals surface area contributed by atoms with E-state index in [-0.39, 0.29) is 12.1 Å². The zero-order valence-electron chi connectivity index (χ0n) is 13.5. The third kappa shape index (κ3) is 4.78. The summed E-state index contributed by atoms with van der Waals surface area (Å²) in [5.74, 6) is 0. The van der Waals surface area contributed by atoms with Gasteiger partial charge in [0.2, 0.25) is 0 Å². The first-order valence-electron chi connectivity index (χ1n) is 8.14. The van der Waals surface area contributed by atoms with E-state index in [1.54, 1.807) is 18.5 Å². The van der Waals surface area contributed by atoms with Crippen LogP contribution in [0.5, 0.6) is 0 Å². The number of hydrogen-bond acceptors (Lipinski definition) is 4. The molecule has 1 aromatic carbocycles. The lowest BCUT2D eigenvalue weighted by Gasteiger charge is -2.31. The predicted molar refractivity (Wildman–Crippen MR) is 92.8 cm³/mol. The number of pyridine rings is 1. The van der Waals surface area contributed by atoms with E-state index in [9.17, 15) is 4.79 Å². The van der Waals surface area contributed by atoms with Crippen LogP contribution in [-0.2, 0) is 4.74 Å². The van der Waals surface area contributed by atoms with Crippen molar-refractivity contribution in [3.63, 3.8) is 0 Å². The smallest absolute Gasteiger partial charge is 0.319 e. The fraction of sp³-hybridized carbons (Fsp3) is 0.333. The van der Waals surface area contributed by atoms with Crippen molar-refractivity contribution in [1.82, 2.24) is 15.2 Å². The van der Waals surface area contributed by atoms with Crippen LogP contribution in [0, 0.1) is 0 Å². The fourth-order valence-electron chi connectivity index (χ4n) is 2.72. The molecule has 1 fully saturated rings. The molecule has 1 atom stereocenters. The van der Waals surface area contributed by atoms with Crippen LogP contribution in [0.25, 0.3) is 0 Å². The minimum atomic E-state index is -0.231. The largest absolute Gasteiger partial charge is 0.379 e. The van der Waals surface area contributed by atoms with Crippen molar-refractivity contribution in [1.29, 1.82) is 0 Å². The van der Waals surface area contributed by atoms with E-state index in [0.717, 1.165) is 38.4 Å². The molecule has 2 amide bonds. The Morgan fingerprint density at radius 3 is 2.67 bits per heavy atom. The van der Waals surface area contributed by atoms with Gasteiger partial charge in [-0.1, -0.05) is 30.3 Å². The number of benzene rings is 1. The van der Waals surface area contributed by atoms with Crippen molar-refractivity contribution in [2.45, 2.75) is 6.04 Å². The molecule has 0 saturated carbocycles. The SMILES string of the molecule is O=C(Nc1cccnc1)NC(CN1CCOCC1)c1ccccc1. The molecular weight excluding hydrogens is 304 g/mol. The van der Waals surface area contributed by atoms with Crippen LogP contribution < -0.4 is 10.6 Å². The first kappa shape index (κ1) is 16.4. The van der Waals surface area contributed by atoms with Crippen LogP contribution in [0.1, 0.15) is 11.6 Å². The van der Waals surface area contributed by atoms with Gasteiger partial charge < -0.3 is 15.4 Å². The van der Waals surface area contributed by atoms with Gasteiger partial charge in [0.05, 0.1) is 31.1 Å². The number of ether oxygens (including phenoxy) is 1. The second-order valence-electron chi connectivity index (χ2n) is 5.72. The summed E-state index contributed by atoms with van der Waals surface area (Å²) in [4.78, 5) is 18.7. The Kier molecular flexibility index (Phi) is 5.76. The number of amides is 2. The van der Waals surface area contributed by atoms with Gasteiger partial charge in [-0.25, -0.2) is 4.79 Å². The first-order chi connectivity index (χ1) is 11.8. The summed E-state index contributed by atoms with van der Waals surface area (Å²) in [7, 11) is 0. The van der Waals surface area contributed by atoms with Crippen molar-refractivity contribution in [2.75, 3.05) is 38.2 Å². The second kappa shape index (κ2) is 8.42. The van der Waals surface area contributed by atoms with Crippen molar-refractivity contribution in [3.8, 4) is 0 Å². The predicted octanol–water partition coefficient (Wildman–Crippen LogP) is 2.28. The van der Waals surface area contributed by atoms with Gasteiger partial charge in [0, 0.05) is 25.8 Å². The molecule has 1 saturated heterocycles. The van der Waals surface area contributed by atoms with Crippen LogP contribution in [0.3, 0.4) is 0 Å². The molecule has 2 aromatic rings. The van der Waals surface area contributed by atoms with Gasteiger partial charge in [0.25, 0.3) is 0 Å². The maximum absolute atomic E-state index is 12.3. The van der Waals surface area contributed by atoms with E-state index in [0.29, 0.717) is 5.69 Å². The molecule has 1 aliphatic heterocycles. The Hall–Kier alpha value is -2.44. The molecule has 1 aliphatic rings. The molecule has 1 aromatic heterocycles. The molecule has 2 heterocycles. The third-order valence-corrected chi connectivity index (χ3v) is 3.97. The van der Waals surface area contributed by atoms with Crippen LogP contribution in [0.15, 0.2) is 54.9 Å². The molecule has 0 aliphatic carbocycles. The summed E-state index contributed by atoms with van der Waals surface area (Å²) in [6.07, 6.45) is 3.30. The summed E-state index contributed by atoms with van der Waals surface area (Å²) in [5, 5.41) is 5.89. The molecule has 24 heavy (non-hydrogen) atoms. The number of anilines is 1. The fourth-order valence-corrected chi connectivity index (χ4v) is 2.72. The highest BCUT2D eigenvalue weighted by Gasteiger charge is 2.20. The van der Waals surface area contributed by atoms with Gasteiger partial charge in [0.1, 0.15) is 0 Å². The average Bonchev–Trinajstić information content (AvgIpc) is 2.63. The number of aromatic nitrogens is 1. The lowest BCUT2D eigenvalue weighted by Crippen LogP contribution is -2.44. The number of morpholine rings is 1. The monoisotopic (exact) mass is 326 g/mol. The number of nitrogens with zero attached hydrogens (tertiary/aromatic N) is 2.